The van der Waals surface area contributed by atoms with Crippen molar-refractivity contribution in [2.24, 2.45) is 5.73 Å². The van der Waals surface area contributed by atoms with Crippen LogP contribution in [0, 0.1) is 0 Å². The lowest BCUT2D eigenvalue weighted by molar-refractivity contribution is 0.0635. The van der Waals surface area contributed by atoms with Gasteiger partial charge in [0.2, 0.25) is 0 Å². The number of para-hydroxylation sites is 2. The van der Waals surface area contributed by atoms with Crippen molar-refractivity contribution >= 4 is 23.4 Å². The van der Waals surface area contributed by atoms with Crippen molar-refractivity contribution in [3.05, 3.63) is 53.9 Å². The smallest absolute Gasteiger partial charge is 0.412 e. The molecular formula is C23H33N5O3. The second kappa shape index (κ2) is 10.9. The van der Waals surface area contributed by atoms with Gasteiger partial charge in [0.05, 0.1) is 11.4 Å². The zero-order valence-electron chi connectivity index (χ0n) is 18.9. The number of nitrogens with two attached hydrogens (primary N) is 1. The molecule has 0 spiro atoms. The fourth-order valence-corrected chi connectivity index (χ4v) is 2.85. The van der Waals surface area contributed by atoms with Crippen molar-refractivity contribution < 1.29 is 14.3 Å². The van der Waals surface area contributed by atoms with Crippen LogP contribution in [-0.4, -0.2) is 48.1 Å². The van der Waals surface area contributed by atoms with Crippen molar-refractivity contribution in [1.82, 2.24) is 9.88 Å². The third kappa shape index (κ3) is 8.35. The average Bonchev–Trinajstić information content (AvgIpc) is 2.67. The van der Waals surface area contributed by atoms with Crippen LogP contribution in [0.3, 0.4) is 0 Å². The van der Waals surface area contributed by atoms with Gasteiger partial charge in [-0.05, 0) is 78.0 Å². The molecule has 2 rings (SSSR count). The summed E-state index contributed by atoms with van der Waals surface area (Å²) in [5, 5.41) is 5.44. The molecule has 0 aliphatic carbocycles. The van der Waals surface area contributed by atoms with Crippen LogP contribution in [0.25, 0.3) is 0 Å². The van der Waals surface area contributed by atoms with Gasteiger partial charge in [0.25, 0.3) is 5.91 Å². The largest absolute Gasteiger partial charge is 0.444 e. The number of ether oxygens (including phenoxy) is 1. The number of rotatable bonds is 8. The molecule has 168 valence electrons. The number of aromatic nitrogens is 1. The highest BCUT2D eigenvalue weighted by molar-refractivity contribution is 6.05. The van der Waals surface area contributed by atoms with E-state index in [4.69, 9.17) is 10.5 Å². The van der Waals surface area contributed by atoms with E-state index in [1.165, 1.54) is 0 Å². The number of hydrogen-bond acceptors (Lipinski definition) is 6. The molecule has 1 atom stereocenters. The van der Waals surface area contributed by atoms with E-state index in [0.29, 0.717) is 11.4 Å². The van der Waals surface area contributed by atoms with E-state index in [1.807, 2.05) is 20.2 Å². The van der Waals surface area contributed by atoms with Gasteiger partial charge in [-0.25, -0.2) is 4.79 Å². The van der Waals surface area contributed by atoms with E-state index in [1.54, 1.807) is 57.3 Å². The molecule has 1 heterocycles. The Kier molecular flexibility index (Phi) is 8.53. The summed E-state index contributed by atoms with van der Waals surface area (Å²) in [6.07, 6.45) is 2.87. The molecule has 0 aliphatic heterocycles. The van der Waals surface area contributed by atoms with Crippen LogP contribution in [-0.2, 0) is 4.74 Å². The summed E-state index contributed by atoms with van der Waals surface area (Å²) in [5.41, 5.74) is 7.64. The van der Waals surface area contributed by atoms with Gasteiger partial charge in [0.15, 0.2) is 0 Å². The van der Waals surface area contributed by atoms with Crippen LogP contribution in [0.1, 0.15) is 55.7 Å². The maximum Gasteiger partial charge on any atom is 0.412 e. The molecule has 1 aromatic carbocycles. The number of nitrogens with zero attached hydrogens (tertiary/aromatic N) is 2. The summed E-state index contributed by atoms with van der Waals surface area (Å²) in [7, 11) is 4.06. The van der Waals surface area contributed by atoms with Gasteiger partial charge in [-0.3, -0.25) is 15.1 Å². The van der Waals surface area contributed by atoms with Crippen molar-refractivity contribution in [2.75, 3.05) is 31.3 Å². The lowest BCUT2D eigenvalue weighted by atomic mass is 10.0. The first-order valence-corrected chi connectivity index (χ1v) is 10.3. The van der Waals surface area contributed by atoms with Crippen LogP contribution in [0.2, 0.25) is 0 Å². The summed E-state index contributed by atoms with van der Waals surface area (Å²) in [6, 6.07) is 10.3. The number of nitrogens with one attached hydrogen (secondary N) is 2. The molecule has 0 bridgehead atoms. The van der Waals surface area contributed by atoms with E-state index in [2.05, 4.69) is 20.5 Å². The molecule has 0 aliphatic rings. The molecule has 0 saturated carbocycles. The molecule has 8 heteroatoms. The van der Waals surface area contributed by atoms with E-state index in [0.717, 1.165) is 24.9 Å². The molecule has 0 saturated heterocycles. The summed E-state index contributed by atoms with van der Waals surface area (Å²) in [5.74, 6) is -0.383. The fourth-order valence-electron chi connectivity index (χ4n) is 2.85. The number of amides is 2. The highest BCUT2D eigenvalue weighted by atomic mass is 16.6. The van der Waals surface area contributed by atoms with E-state index in [-0.39, 0.29) is 17.6 Å². The van der Waals surface area contributed by atoms with Gasteiger partial charge in [0, 0.05) is 12.2 Å². The van der Waals surface area contributed by atoms with Gasteiger partial charge in [-0.1, -0.05) is 18.2 Å². The van der Waals surface area contributed by atoms with Crippen molar-refractivity contribution in [3.8, 4) is 0 Å². The monoisotopic (exact) mass is 427 g/mol. The predicted molar refractivity (Wildman–Crippen MR) is 123 cm³/mol. The third-order valence-corrected chi connectivity index (χ3v) is 4.38. The van der Waals surface area contributed by atoms with Crippen LogP contribution >= 0.6 is 0 Å². The van der Waals surface area contributed by atoms with Gasteiger partial charge in [-0.15, -0.1) is 0 Å². The SMILES string of the molecule is CN(C)CCCC(N)c1ccc(C(=O)Nc2ccccc2NC(=O)OC(C)(C)C)nc1. The Hall–Kier alpha value is -2.97. The number of hydrogen-bond donors (Lipinski definition) is 3. The van der Waals surface area contributed by atoms with E-state index in [9.17, 15) is 9.59 Å². The van der Waals surface area contributed by atoms with Crippen molar-refractivity contribution in [2.45, 2.75) is 45.3 Å². The van der Waals surface area contributed by atoms with Gasteiger partial charge >= 0.3 is 6.09 Å². The standard InChI is InChI=1S/C23H33N5O3/c1-23(2,3)31-22(30)27-19-11-7-6-10-18(19)26-21(29)20-13-12-16(15-25-20)17(24)9-8-14-28(4)5/h6-7,10-13,15,17H,8-9,14,24H2,1-5H3,(H,26,29)(H,27,30). The van der Waals surface area contributed by atoms with Crippen LogP contribution < -0.4 is 16.4 Å². The fraction of sp³-hybridized carbons (Fsp3) is 0.435. The molecule has 31 heavy (non-hydrogen) atoms. The second-order valence-corrected chi connectivity index (χ2v) is 8.66. The molecule has 1 unspecified atom stereocenters. The summed E-state index contributed by atoms with van der Waals surface area (Å²) in [6.45, 7) is 6.32. The second-order valence-electron chi connectivity index (χ2n) is 8.66. The Morgan fingerprint density at radius 1 is 1.10 bits per heavy atom. The quantitative estimate of drug-likeness (QED) is 0.587. The minimum absolute atomic E-state index is 0.122. The zero-order chi connectivity index (χ0) is 23.0. The number of benzene rings is 1. The van der Waals surface area contributed by atoms with Gasteiger partial charge in [-0.2, -0.15) is 0 Å². The first-order chi connectivity index (χ1) is 14.5. The maximum atomic E-state index is 12.7. The molecule has 4 N–H and O–H groups in total. The topological polar surface area (TPSA) is 110 Å². The minimum Gasteiger partial charge on any atom is -0.444 e. The van der Waals surface area contributed by atoms with Crippen LogP contribution in [0.5, 0.6) is 0 Å². The summed E-state index contributed by atoms with van der Waals surface area (Å²) >= 11 is 0. The molecule has 1 aromatic heterocycles. The Bertz CT molecular complexity index is 876. The first-order valence-electron chi connectivity index (χ1n) is 10.3. The lowest BCUT2D eigenvalue weighted by Gasteiger charge is -2.20. The number of pyridine rings is 1. The minimum atomic E-state index is -0.624. The van der Waals surface area contributed by atoms with Crippen molar-refractivity contribution in [1.29, 1.82) is 0 Å². The molecule has 2 aromatic rings. The van der Waals surface area contributed by atoms with Crippen LogP contribution in [0.15, 0.2) is 42.6 Å². The molecule has 2 amide bonds. The molecule has 8 nitrogen and oxygen atoms in total. The molecular weight excluding hydrogens is 394 g/mol. The predicted octanol–water partition coefficient (Wildman–Crippen LogP) is 4.02. The Morgan fingerprint density at radius 3 is 2.29 bits per heavy atom. The van der Waals surface area contributed by atoms with Gasteiger partial charge < -0.3 is 20.7 Å². The summed E-state index contributed by atoms with van der Waals surface area (Å²) in [4.78, 5) is 31.1. The number of anilines is 2. The maximum absolute atomic E-state index is 12.7. The van der Waals surface area contributed by atoms with Crippen LogP contribution in [0.4, 0.5) is 16.2 Å². The Labute approximate surface area is 184 Å². The number of carbonyl (C=O) groups excluding carboxylic acids is 2. The Morgan fingerprint density at radius 2 is 1.74 bits per heavy atom. The average molecular weight is 428 g/mol. The van der Waals surface area contributed by atoms with Gasteiger partial charge in [0.1, 0.15) is 11.3 Å². The van der Waals surface area contributed by atoms with Crippen molar-refractivity contribution in [3.63, 3.8) is 0 Å². The van der Waals surface area contributed by atoms with E-state index < -0.39 is 11.7 Å². The molecule has 0 radical (unpaired) electrons. The van der Waals surface area contributed by atoms with E-state index >= 15 is 0 Å². The highest BCUT2D eigenvalue weighted by Gasteiger charge is 2.18. The zero-order valence-corrected chi connectivity index (χ0v) is 18.9. The molecule has 0 fully saturated rings. The third-order valence-electron chi connectivity index (χ3n) is 4.38. The number of carbonyl (C=O) groups is 2. The normalized spacial score (nSPS) is 12.4. The Balaban J connectivity index is 2.01. The highest BCUT2D eigenvalue weighted by Crippen LogP contribution is 2.23. The first kappa shape index (κ1) is 24.3. The summed E-state index contributed by atoms with van der Waals surface area (Å²) < 4.78 is 5.27. The lowest BCUT2D eigenvalue weighted by Crippen LogP contribution is -2.27.